The number of benzene rings is 1. The second-order valence-electron chi connectivity index (χ2n) is 6.88. The molecule has 29 heavy (non-hydrogen) atoms. The molecule has 0 spiro atoms. The maximum atomic E-state index is 12.4. The van der Waals surface area contributed by atoms with Gasteiger partial charge in [-0.15, -0.1) is 11.3 Å². The maximum Gasteiger partial charge on any atom is 0.261 e. The highest BCUT2D eigenvalue weighted by molar-refractivity contribution is 7.11. The van der Waals surface area contributed by atoms with E-state index in [1.807, 2.05) is 20.8 Å². The third-order valence-electron chi connectivity index (χ3n) is 4.70. The third-order valence-corrected chi connectivity index (χ3v) is 5.76. The molecule has 0 fully saturated rings. The number of guanidine groups is 1. The van der Waals surface area contributed by atoms with E-state index in [0.29, 0.717) is 24.2 Å². The van der Waals surface area contributed by atoms with Crippen molar-refractivity contribution < 1.29 is 9.59 Å². The minimum atomic E-state index is -0.191. The van der Waals surface area contributed by atoms with Crippen LogP contribution >= 0.6 is 11.3 Å². The summed E-state index contributed by atoms with van der Waals surface area (Å²) in [7, 11) is 0. The van der Waals surface area contributed by atoms with Crippen LogP contribution in [-0.4, -0.2) is 47.3 Å². The van der Waals surface area contributed by atoms with E-state index in [9.17, 15) is 9.59 Å². The first kappa shape index (κ1) is 21.0. The number of nitrogens with zero attached hydrogens (tertiary/aromatic N) is 3. The van der Waals surface area contributed by atoms with Gasteiger partial charge in [0, 0.05) is 24.5 Å². The molecule has 0 aliphatic carbocycles. The normalized spacial score (nSPS) is 13.8. The number of aromatic nitrogens is 1. The number of fused-ring (bicyclic) bond motifs is 1. The monoisotopic (exact) mass is 413 g/mol. The van der Waals surface area contributed by atoms with Crippen molar-refractivity contribution in [1.29, 1.82) is 0 Å². The number of carbonyl (C=O) groups is 2. The molecule has 0 atom stereocenters. The molecular formula is C21H27N5O2S. The number of unbranched alkanes of at least 4 members (excludes halogenated alkanes) is 1. The second-order valence-corrected chi connectivity index (χ2v) is 8.17. The molecule has 3 rings (SSSR count). The van der Waals surface area contributed by atoms with Crippen molar-refractivity contribution in [2.75, 3.05) is 19.6 Å². The van der Waals surface area contributed by atoms with Crippen molar-refractivity contribution in [3.8, 4) is 0 Å². The van der Waals surface area contributed by atoms with Gasteiger partial charge in [0.15, 0.2) is 5.96 Å². The molecule has 0 saturated carbocycles. The smallest absolute Gasteiger partial charge is 0.261 e. The molecule has 8 heteroatoms. The van der Waals surface area contributed by atoms with E-state index in [1.165, 1.54) is 9.78 Å². The Morgan fingerprint density at radius 2 is 1.79 bits per heavy atom. The van der Waals surface area contributed by atoms with Crippen LogP contribution in [0.5, 0.6) is 0 Å². The Kier molecular flexibility index (Phi) is 6.98. The first-order chi connectivity index (χ1) is 14.0. The lowest BCUT2D eigenvalue weighted by molar-refractivity contribution is 0.0652. The maximum absolute atomic E-state index is 12.4. The molecule has 1 aromatic heterocycles. The van der Waals surface area contributed by atoms with E-state index >= 15 is 0 Å². The number of aliphatic imine (C=N–C) groups is 1. The summed E-state index contributed by atoms with van der Waals surface area (Å²) in [5.41, 5.74) is 2.05. The Balaban J connectivity index is 1.45. The van der Waals surface area contributed by atoms with Crippen LogP contribution in [0.25, 0.3) is 0 Å². The number of carbonyl (C=O) groups excluding carboxylic acids is 2. The molecule has 2 heterocycles. The van der Waals surface area contributed by atoms with Crippen molar-refractivity contribution >= 4 is 29.1 Å². The van der Waals surface area contributed by atoms with Gasteiger partial charge in [0.2, 0.25) is 0 Å². The summed E-state index contributed by atoms with van der Waals surface area (Å²) in [6, 6.07) is 6.99. The Hall–Kier alpha value is -2.74. The number of imide groups is 1. The highest BCUT2D eigenvalue weighted by Gasteiger charge is 2.34. The van der Waals surface area contributed by atoms with Gasteiger partial charge >= 0.3 is 0 Å². The van der Waals surface area contributed by atoms with Gasteiger partial charge in [-0.1, -0.05) is 12.1 Å². The van der Waals surface area contributed by atoms with Gasteiger partial charge in [0.05, 0.1) is 28.4 Å². The number of thiazole rings is 1. The second kappa shape index (κ2) is 9.65. The minimum Gasteiger partial charge on any atom is -0.357 e. The van der Waals surface area contributed by atoms with Gasteiger partial charge in [-0.25, -0.2) is 9.98 Å². The average molecular weight is 414 g/mol. The number of hydrogen-bond acceptors (Lipinski definition) is 5. The first-order valence-electron chi connectivity index (χ1n) is 9.91. The zero-order valence-electron chi connectivity index (χ0n) is 17.1. The van der Waals surface area contributed by atoms with Crippen LogP contribution in [0.3, 0.4) is 0 Å². The zero-order valence-corrected chi connectivity index (χ0v) is 17.9. The molecule has 1 aliphatic rings. The van der Waals surface area contributed by atoms with Gasteiger partial charge in [-0.3, -0.25) is 14.5 Å². The fraction of sp³-hybridized carbons (Fsp3) is 0.429. The predicted octanol–water partition coefficient (Wildman–Crippen LogP) is 2.89. The summed E-state index contributed by atoms with van der Waals surface area (Å²) < 4.78 is 0. The standard InChI is InChI=1S/C21H27N5O2S/c1-4-22-21(24-13-18-14(2)25-15(3)29-18)23-11-7-8-12-26-19(27)16-9-5-6-10-17(16)20(26)28/h5-6,9-10H,4,7-8,11-13H2,1-3H3,(H2,22,23,24). The summed E-state index contributed by atoms with van der Waals surface area (Å²) in [5.74, 6) is 0.381. The molecule has 0 unspecified atom stereocenters. The van der Waals surface area contributed by atoms with Crippen LogP contribution in [0.15, 0.2) is 29.3 Å². The van der Waals surface area contributed by atoms with Crippen molar-refractivity contribution in [2.45, 2.75) is 40.2 Å². The summed E-state index contributed by atoms with van der Waals surface area (Å²) in [5, 5.41) is 7.61. The molecule has 2 amide bonds. The Morgan fingerprint density at radius 1 is 1.10 bits per heavy atom. The van der Waals surface area contributed by atoms with Crippen molar-refractivity contribution in [3.63, 3.8) is 0 Å². The number of amides is 2. The van der Waals surface area contributed by atoms with Gasteiger partial charge in [0.25, 0.3) is 11.8 Å². The molecular weight excluding hydrogens is 386 g/mol. The van der Waals surface area contributed by atoms with E-state index in [1.54, 1.807) is 35.6 Å². The van der Waals surface area contributed by atoms with Crippen LogP contribution < -0.4 is 10.6 Å². The first-order valence-corrected chi connectivity index (χ1v) is 10.7. The molecule has 1 aromatic carbocycles. The number of nitrogens with one attached hydrogen (secondary N) is 2. The molecule has 0 saturated heterocycles. The van der Waals surface area contributed by atoms with Gasteiger partial charge in [-0.2, -0.15) is 0 Å². The van der Waals surface area contributed by atoms with E-state index in [-0.39, 0.29) is 11.8 Å². The SMILES string of the molecule is CCNC(=NCc1sc(C)nc1C)NCCCCN1C(=O)c2ccccc2C1=O. The van der Waals surface area contributed by atoms with Gasteiger partial charge in [0.1, 0.15) is 0 Å². The fourth-order valence-corrected chi connectivity index (χ4v) is 4.12. The van der Waals surface area contributed by atoms with Crippen molar-refractivity contribution in [3.05, 3.63) is 51.0 Å². The fourth-order valence-electron chi connectivity index (χ4n) is 3.26. The van der Waals surface area contributed by atoms with Crippen molar-refractivity contribution in [2.24, 2.45) is 4.99 Å². The molecule has 154 valence electrons. The summed E-state index contributed by atoms with van der Waals surface area (Å²) in [6.07, 6.45) is 1.57. The average Bonchev–Trinajstić information content (AvgIpc) is 3.16. The van der Waals surface area contributed by atoms with E-state index in [4.69, 9.17) is 0 Å². The Bertz CT molecular complexity index is 887. The quantitative estimate of drug-likeness (QED) is 0.301. The molecule has 0 radical (unpaired) electrons. The van der Waals surface area contributed by atoms with Gasteiger partial charge in [-0.05, 0) is 45.7 Å². The number of rotatable bonds is 8. The molecule has 7 nitrogen and oxygen atoms in total. The van der Waals surface area contributed by atoms with Crippen LogP contribution in [0.4, 0.5) is 0 Å². The third kappa shape index (κ3) is 5.00. The molecule has 2 aromatic rings. The van der Waals surface area contributed by atoms with E-state index < -0.39 is 0 Å². The number of hydrogen-bond donors (Lipinski definition) is 2. The zero-order chi connectivity index (χ0) is 20.8. The van der Waals surface area contributed by atoms with Gasteiger partial charge < -0.3 is 10.6 Å². The van der Waals surface area contributed by atoms with Crippen LogP contribution in [-0.2, 0) is 6.54 Å². The van der Waals surface area contributed by atoms with E-state index in [2.05, 4.69) is 20.6 Å². The summed E-state index contributed by atoms with van der Waals surface area (Å²) in [6.45, 7) is 8.57. The van der Waals surface area contributed by atoms with E-state index in [0.717, 1.165) is 42.6 Å². The highest BCUT2D eigenvalue weighted by atomic mass is 32.1. The summed E-state index contributed by atoms with van der Waals surface area (Å²) in [4.78, 5) is 36.3. The largest absolute Gasteiger partial charge is 0.357 e. The molecule has 1 aliphatic heterocycles. The molecule has 2 N–H and O–H groups in total. The molecule has 0 bridgehead atoms. The van der Waals surface area contributed by atoms with Crippen LogP contribution in [0.1, 0.15) is 56.1 Å². The topological polar surface area (TPSA) is 86.7 Å². The lowest BCUT2D eigenvalue weighted by Crippen LogP contribution is -2.38. The van der Waals surface area contributed by atoms with Crippen LogP contribution in [0.2, 0.25) is 0 Å². The lowest BCUT2D eigenvalue weighted by Gasteiger charge is -2.14. The van der Waals surface area contributed by atoms with Crippen LogP contribution in [0, 0.1) is 13.8 Å². The minimum absolute atomic E-state index is 0.191. The number of aryl methyl sites for hydroxylation is 2. The Morgan fingerprint density at radius 3 is 2.38 bits per heavy atom. The predicted molar refractivity (Wildman–Crippen MR) is 115 cm³/mol. The summed E-state index contributed by atoms with van der Waals surface area (Å²) >= 11 is 1.67. The Labute approximate surface area is 175 Å². The lowest BCUT2D eigenvalue weighted by atomic mass is 10.1. The van der Waals surface area contributed by atoms with Crippen molar-refractivity contribution in [1.82, 2.24) is 20.5 Å². The highest BCUT2D eigenvalue weighted by Crippen LogP contribution is 2.22.